The van der Waals surface area contributed by atoms with Crippen LogP contribution in [0.3, 0.4) is 0 Å². The Hall–Kier alpha value is -4.62. The second-order valence-electron chi connectivity index (χ2n) is 14.7. The number of phenols is 2. The zero-order valence-electron chi connectivity index (χ0n) is 32.1. The van der Waals surface area contributed by atoms with Crippen LogP contribution in [0.15, 0.2) is 127 Å². The van der Waals surface area contributed by atoms with Gasteiger partial charge in [0.2, 0.25) is 0 Å². The molecule has 0 bridgehead atoms. The molecule has 300 valence electrons. The molecule has 8 atom stereocenters. The second-order valence-corrected chi connectivity index (χ2v) is 14.7. The minimum Gasteiger partial charge on any atom is -0.507 e. The highest BCUT2D eigenvalue weighted by Crippen LogP contribution is 2.47. The van der Waals surface area contributed by atoms with Gasteiger partial charge in [0.25, 0.3) is 0 Å². The molecule has 2 heterocycles. The van der Waals surface area contributed by atoms with Crippen molar-refractivity contribution in [3.63, 3.8) is 0 Å². The number of aliphatic hydroxyl groups is 2. The van der Waals surface area contributed by atoms with E-state index in [1.807, 2.05) is 121 Å². The Morgan fingerprint density at radius 2 is 0.807 bits per heavy atom. The van der Waals surface area contributed by atoms with Gasteiger partial charge in [-0.2, -0.15) is 0 Å². The summed E-state index contributed by atoms with van der Waals surface area (Å²) in [6.07, 6.45) is -4.72. The fraction of sp³-hybridized carbons (Fsp3) is 0.362. The molecule has 4 N–H and O–H groups in total. The van der Waals surface area contributed by atoms with Crippen molar-refractivity contribution in [2.24, 2.45) is 0 Å². The zero-order chi connectivity index (χ0) is 39.6. The molecule has 0 saturated carbocycles. The van der Waals surface area contributed by atoms with E-state index >= 15 is 0 Å². The molecule has 0 aliphatic carbocycles. The van der Waals surface area contributed by atoms with Gasteiger partial charge in [0.05, 0.1) is 64.1 Å². The van der Waals surface area contributed by atoms with Crippen LogP contribution in [0.5, 0.6) is 11.5 Å². The molecule has 5 aromatic rings. The van der Waals surface area contributed by atoms with Crippen LogP contribution in [-0.4, -0.2) is 70.3 Å². The van der Waals surface area contributed by atoms with Gasteiger partial charge in [-0.1, -0.05) is 121 Å². The number of ether oxygens (including phenoxy) is 6. The number of aliphatic hydroxyl groups excluding tert-OH is 2. The van der Waals surface area contributed by atoms with Crippen molar-refractivity contribution in [1.82, 2.24) is 0 Å². The summed E-state index contributed by atoms with van der Waals surface area (Å²) in [6.45, 7) is 2.16. The number of phenolic OH excluding ortho intramolecular Hbond substituents is 2. The molecular formula is C47H52O10. The van der Waals surface area contributed by atoms with E-state index < -0.39 is 48.8 Å². The van der Waals surface area contributed by atoms with E-state index in [1.54, 1.807) is 13.0 Å². The highest BCUT2D eigenvalue weighted by atomic mass is 16.6. The summed E-state index contributed by atoms with van der Waals surface area (Å²) < 4.78 is 39.0. The molecule has 5 aromatic carbocycles. The number of rotatable bonds is 16. The van der Waals surface area contributed by atoms with Crippen LogP contribution >= 0.6 is 0 Å². The van der Waals surface area contributed by atoms with Crippen molar-refractivity contribution in [3.8, 4) is 11.5 Å². The van der Waals surface area contributed by atoms with E-state index in [1.165, 1.54) is 0 Å². The standard InChI is InChI=1S/C47H52O10/c1-31-44(50)36(38-23-40(52-27-32-14-6-2-7-15-32)46(42(25-48)56-38)54-29-34-18-10-4-11-19-34)22-37(45(31)51)39-24-41(53-28-33-16-8-3-9-17-33)47(43(26-49)57-39)55-30-35-20-12-5-13-21-35/h2-22,38-43,46-51H,23-30H2,1H3/t38-,39-,40-,41-,42-,43-,46+,47+/m0/s1. The topological polar surface area (TPSA) is 136 Å². The predicted molar refractivity (Wildman–Crippen MR) is 213 cm³/mol. The lowest BCUT2D eigenvalue weighted by molar-refractivity contribution is -0.219. The van der Waals surface area contributed by atoms with Crippen molar-refractivity contribution < 1.29 is 48.8 Å². The summed E-state index contributed by atoms with van der Waals surface area (Å²) in [5.41, 5.74) is 5.00. The zero-order valence-corrected chi connectivity index (χ0v) is 32.1. The fourth-order valence-electron chi connectivity index (χ4n) is 7.74. The Morgan fingerprint density at radius 3 is 1.12 bits per heavy atom. The molecule has 2 saturated heterocycles. The van der Waals surface area contributed by atoms with Crippen LogP contribution in [0, 0.1) is 6.92 Å². The molecule has 0 aromatic heterocycles. The van der Waals surface area contributed by atoms with Gasteiger partial charge < -0.3 is 48.8 Å². The highest BCUT2D eigenvalue weighted by Gasteiger charge is 2.44. The average molecular weight is 777 g/mol. The van der Waals surface area contributed by atoms with Crippen LogP contribution in [0.2, 0.25) is 0 Å². The summed E-state index contributed by atoms with van der Waals surface area (Å²) in [4.78, 5) is 0. The minimum atomic E-state index is -0.784. The van der Waals surface area contributed by atoms with E-state index in [-0.39, 0.29) is 30.3 Å². The molecule has 0 amide bonds. The Morgan fingerprint density at radius 1 is 0.491 bits per heavy atom. The maximum Gasteiger partial charge on any atom is 0.128 e. The molecule has 10 nitrogen and oxygen atoms in total. The molecule has 2 fully saturated rings. The maximum absolute atomic E-state index is 11.6. The molecular weight excluding hydrogens is 725 g/mol. The monoisotopic (exact) mass is 776 g/mol. The minimum absolute atomic E-state index is 0.126. The third kappa shape index (κ3) is 10.1. The summed E-state index contributed by atoms with van der Waals surface area (Å²) >= 11 is 0. The van der Waals surface area contributed by atoms with Crippen molar-refractivity contribution in [1.29, 1.82) is 0 Å². The first-order valence-corrected chi connectivity index (χ1v) is 19.6. The number of hydrogen-bond donors (Lipinski definition) is 4. The lowest BCUT2D eigenvalue weighted by Gasteiger charge is -2.42. The summed E-state index contributed by atoms with van der Waals surface area (Å²) in [5.74, 6) is -0.252. The van der Waals surface area contributed by atoms with Gasteiger partial charge in [-0.3, -0.25) is 0 Å². The van der Waals surface area contributed by atoms with Gasteiger partial charge >= 0.3 is 0 Å². The van der Waals surface area contributed by atoms with Gasteiger partial charge in [-0.05, 0) is 35.2 Å². The van der Waals surface area contributed by atoms with Crippen molar-refractivity contribution in [2.45, 2.75) is 95.0 Å². The summed E-state index contributed by atoms with van der Waals surface area (Å²) in [7, 11) is 0. The van der Waals surface area contributed by atoms with Gasteiger partial charge in [-0.15, -0.1) is 0 Å². The molecule has 10 heteroatoms. The van der Waals surface area contributed by atoms with Gasteiger partial charge in [0.15, 0.2) is 0 Å². The van der Waals surface area contributed by atoms with Crippen LogP contribution in [0.4, 0.5) is 0 Å². The molecule has 7 rings (SSSR count). The largest absolute Gasteiger partial charge is 0.507 e. The summed E-state index contributed by atoms with van der Waals surface area (Å²) in [6, 6.07) is 40.9. The molecule has 0 unspecified atom stereocenters. The Labute approximate surface area is 334 Å². The molecule has 2 aliphatic rings. The van der Waals surface area contributed by atoms with Gasteiger partial charge in [0, 0.05) is 29.5 Å². The normalized spacial score (nSPS) is 25.0. The van der Waals surface area contributed by atoms with E-state index in [0.717, 1.165) is 22.3 Å². The van der Waals surface area contributed by atoms with Crippen LogP contribution < -0.4 is 0 Å². The van der Waals surface area contributed by atoms with Gasteiger partial charge in [-0.25, -0.2) is 0 Å². The van der Waals surface area contributed by atoms with Crippen LogP contribution in [-0.2, 0) is 54.8 Å². The van der Waals surface area contributed by atoms with E-state index in [0.29, 0.717) is 50.4 Å². The van der Waals surface area contributed by atoms with E-state index in [4.69, 9.17) is 28.4 Å². The maximum atomic E-state index is 11.6. The van der Waals surface area contributed by atoms with E-state index in [2.05, 4.69) is 0 Å². The summed E-state index contributed by atoms with van der Waals surface area (Å²) in [5, 5.41) is 44.6. The van der Waals surface area contributed by atoms with E-state index in [9.17, 15) is 20.4 Å². The molecule has 0 spiro atoms. The lowest BCUT2D eigenvalue weighted by atomic mass is 9.87. The highest BCUT2D eigenvalue weighted by molar-refractivity contribution is 5.54. The fourth-order valence-corrected chi connectivity index (χ4v) is 7.74. The second kappa shape index (κ2) is 19.7. The van der Waals surface area contributed by atoms with Crippen molar-refractivity contribution in [3.05, 3.63) is 166 Å². The first-order chi connectivity index (χ1) is 27.9. The number of aromatic hydroxyl groups is 2. The Balaban J connectivity index is 1.16. The lowest BCUT2D eigenvalue weighted by Crippen LogP contribution is -2.50. The third-order valence-electron chi connectivity index (χ3n) is 10.8. The Kier molecular flexibility index (Phi) is 14.0. The predicted octanol–water partition coefficient (Wildman–Crippen LogP) is 7.39. The average Bonchev–Trinajstić information content (AvgIpc) is 3.26. The number of benzene rings is 5. The quantitative estimate of drug-likeness (QED) is 0.0804. The van der Waals surface area contributed by atoms with Crippen molar-refractivity contribution >= 4 is 0 Å². The van der Waals surface area contributed by atoms with Crippen LogP contribution in [0.1, 0.15) is 64.0 Å². The third-order valence-corrected chi connectivity index (χ3v) is 10.8. The smallest absolute Gasteiger partial charge is 0.128 e. The first kappa shape index (κ1) is 40.6. The molecule has 0 radical (unpaired) electrons. The molecule has 57 heavy (non-hydrogen) atoms. The van der Waals surface area contributed by atoms with Crippen LogP contribution in [0.25, 0.3) is 0 Å². The van der Waals surface area contributed by atoms with Gasteiger partial charge in [0.1, 0.15) is 35.9 Å². The van der Waals surface area contributed by atoms with Crippen molar-refractivity contribution in [2.75, 3.05) is 13.2 Å². The Bertz CT molecular complexity index is 1820. The SMILES string of the molecule is Cc1c(O)c([C@@H]2C[C@H](OCc3ccccc3)[C@@H](OCc3ccccc3)[C@H](CO)O2)cc([C@@H]2C[C@H](OCc3ccccc3)[C@@H](OCc3ccccc3)[C@H](CO)O2)c1O. The number of hydrogen-bond acceptors (Lipinski definition) is 10. The molecule has 2 aliphatic heterocycles. The first-order valence-electron chi connectivity index (χ1n) is 19.6.